The molecule has 3 amide bonds. The maximum absolute atomic E-state index is 13.0. The number of hydrogen-bond donors (Lipinski definition) is 1. The van der Waals surface area contributed by atoms with E-state index in [1.165, 1.54) is 12.1 Å². The van der Waals surface area contributed by atoms with Crippen molar-refractivity contribution in [2.45, 2.75) is 18.9 Å². The molecule has 0 spiro atoms. The van der Waals surface area contributed by atoms with Crippen molar-refractivity contribution in [3.8, 4) is 5.75 Å². The lowest BCUT2D eigenvalue weighted by molar-refractivity contribution is -0.141. The molecule has 146 valence electrons. The number of benzene rings is 2. The first-order valence-corrected chi connectivity index (χ1v) is 9.46. The lowest BCUT2D eigenvalue weighted by atomic mass is 9.87. The van der Waals surface area contributed by atoms with Crippen LogP contribution in [0, 0.1) is 0 Å². The summed E-state index contributed by atoms with van der Waals surface area (Å²) in [4.78, 5) is 38.5. The van der Waals surface area contributed by atoms with Gasteiger partial charge < -0.3 is 10.1 Å². The SMILES string of the molecule is CC[C@@]1(c2ccccc2)NC(=O)N(CC(=O)Oc2cc(Cl)c(Cl)cc2Cl)C1=O. The van der Waals surface area contributed by atoms with Crippen molar-refractivity contribution < 1.29 is 19.1 Å². The van der Waals surface area contributed by atoms with Crippen LogP contribution in [0.3, 0.4) is 0 Å². The van der Waals surface area contributed by atoms with E-state index < -0.39 is 30.0 Å². The Morgan fingerprint density at radius 3 is 2.36 bits per heavy atom. The van der Waals surface area contributed by atoms with Gasteiger partial charge >= 0.3 is 12.0 Å². The second kappa shape index (κ2) is 7.99. The molecule has 9 heteroatoms. The number of carbonyl (C=O) groups excluding carboxylic acids is 3. The topological polar surface area (TPSA) is 75.7 Å². The number of imide groups is 1. The van der Waals surface area contributed by atoms with Crippen molar-refractivity contribution in [1.29, 1.82) is 0 Å². The Bertz CT molecular complexity index is 952. The van der Waals surface area contributed by atoms with E-state index in [9.17, 15) is 14.4 Å². The highest BCUT2D eigenvalue weighted by molar-refractivity contribution is 6.43. The molecule has 0 aromatic heterocycles. The van der Waals surface area contributed by atoms with Crippen LogP contribution in [0.1, 0.15) is 18.9 Å². The molecule has 0 radical (unpaired) electrons. The second-order valence-electron chi connectivity index (χ2n) is 6.12. The van der Waals surface area contributed by atoms with Crippen molar-refractivity contribution in [2.75, 3.05) is 6.54 Å². The molecule has 1 N–H and O–H groups in total. The van der Waals surface area contributed by atoms with Gasteiger partial charge in [-0.3, -0.25) is 9.69 Å². The van der Waals surface area contributed by atoms with Crippen molar-refractivity contribution in [2.24, 2.45) is 0 Å². The highest BCUT2D eigenvalue weighted by Gasteiger charge is 2.51. The van der Waals surface area contributed by atoms with Gasteiger partial charge in [-0.05, 0) is 18.1 Å². The molecule has 1 heterocycles. The molecular weight excluding hydrogens is 427 g/mol. The Balaban J connectivity index is 1.79. The Hall–Kier alpha value is -2.28. The normalized spacial score (nSPS) is 18.9. The first-order valence-electron chi connectivity index (χ1n) is 8.33. The number of esters is 1. The first kappa shape index (κ1) is 20.5. The third-order valence-electron chi connectivity index (χ3n) is 4.46. The molecule has 6 nitrogen and oxygen atoms in total. The van der Waals surface area contributed by atoms with Crippen LogP contribution < -0.4 is 10.1 Å². The van der Waals surface area contributed by atoms with E-state index in [-0.39, 0.29) is 20.8 Å². The summed E-state index contributed by atoms with van der Waals surface area (Å²) in [6.07, 6.45) is 0.325. The molecule has 2 aromatic carbocycles. The van der Waals surface area contributed by atoms with Crippen molar-refractivity contribution in [1.82, 2.24) is 10.2 Å². The van der Waals surface area contributed by atoms with Crippen LogP contribution in [0.4, 0.5) is 4.79 Å². The second-order valence-corrected chi connectivity index (χ2v) is 7.34. The van der Waals surface area contributed by atoms with Gasteiger partial charge in [-0.2, -0.15) is 0 Å². The van der Waals surface area contributed by atoms with Gasteiger partial charge in [0, 0.05) is 6.07 Å². The van der Waals surface area contributed by atoms with Crippen molar-refractivity contribution >= 4 is 52.7 Å². The van der Waals surface area contributed by atoms with Crippen LogP contribution in [0.2, 0.25) is 15.1 Å². The molecule has 3 rings (SSSR count). The summed E-state index contributed by atoms with van der Waals surface area (Å²) >= 11 is 17.7. The van der Waals surface area contributed by atoms with E-state index in [1.807, 2.05) is 6.07 Å². The Morgan fingerprint density at radius 2 is 1.71 bits per heavy atom. The van der Waals surface area contributed by atoms with E-state index in [1.54, 1.807) is 31.2 Å². The van der Waals surface area contributed by atoms with Crippen LogP contribution in [0.15, 0.2) is 42.5 Å². The van der Waals surface area contributed by atoms with E-state index in [0.717, 1.165) is 4.90 Å². The molecule has 1 fully saturated rings. The largest absolute Gasteiger partial charge is 0.424 e. The van der Waals surface area contributed by atoms with Gasteiger partial charge in [-0.15, -0.1) is 0 Å². The molecule has 1 aliphatic rings. The van der Waals surface area contributed by atoms with E-state index >= 15 is 0 Å². The molecule has 0 unspecified atom stereocenters. The average molecular weight is 442 g/mol. The zero-order valence-electron chi connectivity index (χ0n) is 14.7. The molecule has 1 aliphatic heterocycles. The quantitative estimate of drug-likeness (QED) is 0.323. The van der Waals surface area contributed by atoms with Gasteiger partial charge in [-0.1, -0.05) is 72.1 Å². The molecular formula is C19H15Cl3N2O4. The highest BCUT2D eigenvalue weighted by atomic mass is 35.5. The molecule has 1 atom stereocenters. The number of urea groups is 1. The number of hydrogen-bond acceptors (Lipinski definition) is 4. The third kappa shape index (κ3) is 3.68. The zero-order chi connectivity index (χ0) is 20.5. The van der Waals surface area contributed by atoms with Gasteiger partial charge in [0.15, 0.2) is 5.75 Å². The number of amides is 3. The number of ether oxygens (including phenoxy) is 1. The fraction of sp³-hybridized carbons (Fsp3) is 0.211. The van der Waals surface area contributed by atoms with Gasteiger partial charge in [0.05, 0.1) is 15.1 Å². The molecule has 28 heavy (non-hydrogen) atoms. The summed E-state index contributed by atoms with van der Waals surface area (Å²) in [5, 5.41) is 3.13. The van der Waals surface area contributed by atoms with Crippen LogP contribution in [-0.4, -0.2) is 29.4 Å². The molecule has 1 saturated heterocycles. The van der Waals surface area contributed by atoms with Gasteiger partial charge in [0.1, 0.15) is 12.1 Å². The summed E-state index contributed by atoms with van der Waals surface area (Å²) < 4.78 is 5.16. The lowest BCUT2D eigenvalue weighted by Gasteiger charge is -2.25. The molecule has 0 aliphatic carbocycles. The van der Waals surface area contributed by atoms with Crippen molar-refractivity contribution in [3.63, 3.8) is 0 Å². The van der Waals surface area contributed by atoms with E-state index in [0.29, 0.717) is 12.0 Å². The Morgan fingerprint density at radius 1 is 1.07 bits per heavy atom. The highest BCUT2D eigenvalue weighted by Crippen LogP contribution is 2.35. The number of halogens is 3. The maximum Gasteiger partial charge on any atom is 0.331 e. The monoisotopic (exact) mass is 440 g/mol. The van der Waals surface area contributed by atoms with Crippen molar-refractivity contribution in [3.05, 3.63) is 63.1 Å². The minimum atomic E-state index is -1.22. The molecule has 0 bridgehead atoms. The number of carbonyl (C=O) groups is 3. The maximum atomic E-state index is 13.0. The summed E-state index contributed by atoms with van der Waals surface area (Å²) in [7, 11) is 0. The van der Waals surface area contributed by atoms with E-state index in [4.69, 9.17) is 39.5 Å². The number of nitrogens with one attached hydrogen (secondary N) is 1. The third-order valence-corrected chi connectivity index (χ3v) is 5.48. The summed E-state index contributed by atoms with van der Waals surface area (Å²) in [5.74, 6) is -1.38. The van der Waals surface area contributed by atoms with Crippen LogP contribution in [0.5, 0.6) is 5.75 Å². The predicted molar refractivity (Wildman–Crippen MR) is 106 cm³/mol. The Labute approximate surface area is 176 Å². The summed E-state index contributed by atoms with van der Waals surface area (Å²) in [6.45, 7) is 1.21. The predicted octanol–water partition coefficient (Wildman–Crippen LogP) is 4.41. The molecule has 0 saturated carbocycles. The van der Waals surface area contributed by atoms with Gasteiger partial charge in [0.2, 0.25) is 0 Å². The minimum Gasteiger partial charge on any atom is -0.424 e. The summed E-state index contributed by atoms with van der Waals surface area (Å²) in [6, 6.07) is 10.8. The van der Waals surface area contributed by atoms with E-state index in [2.05, 4.69) is 5.32 Å². The average Bonchev–Trinajstić information content (AvgIpc) is 2.92. The van der Waals surface area contributed by atoms with Crippen LogP contribution in [-0.2, 0) is 15.1 Å². The Kier molecular flexibility index (Phi) is 5.84. The molecule has 2 aromatic rings. The van der Waals surface area contributed by atoms with Gasteiger partial charge in [-0.25, -0.2) is 9.59 Å². The summed E-state index contributed by atoms with van der Waals surface area (Å²) in [5.41, 5.74) is -0.584. The standard InChI is InChI=1S/C19H15Cl3N2O4/c1-2-19(11-6-4-3-5-7-11)17(26)24(18(27)23-19)10-16(25)28-15-9-13(21)12(20)8-14(15)22/h3-9H,2,10H2,1H3,(H,23,27)/t19-/m0/s1. The van der Waals surface area contributed by atoms with Gasteiger partial charge in [0.25, 0.3) is 5.91 Å². The van der Waals surface area contributed by atoms with Crippen LogP contribution in [0.25, 0.3) is 0 Å². The fourth-order valence-electron chi connectivity index (χ4n) is 3.00. The number of rotatable bonds is 5. The lowest BCUT2D eigenvalue weighted by Crippen LogP contribution is -2.44. The fourth-order valence-corrected chi connectivity index (χ4v) is 3.57. The van der Waals surface area contributed by atoms with Crippen LogP contribution >= 0.6 is 34.8 Å². The number of nitrogens with zero attached hydrogens (tertiary/aromatic N) is 1. The first-order chi connectivity index (χ1) is 13.3. The minimum absolute atomic E-state index is 0.0158. The zero-order valence-corrected chi connectivity index (χ0v) is 16.9. The smallest absolute Gasteiger partial charge is 0.331 e.